The highest BCUT2D eigenvalue weighted by Crippen LogP contribution is 2.31. The Balaban J connectivity index is 2.20. The molecule has 17 heavy (non-hydrogen) atoms. The number of rotatable bonds is 1. The molecule has 3 aromatic rings. The van der Waals surface area contributed by atoms with Crippen LogP contribution >= 0.6 is 11.3 Å². The van der Waals surface area contributed by atoms with Gasteiger partial charge in [-0.3, -0.25) is 0 Å². The Kier molecular flexibility index (Phi) is 2.26. The van der Waals surface area contributed by atoms with Crippen LogP contribution in [0.5, 0.6) is 0 Å². The van der Waals surface area contributed by atoms with Gasteiger partial charge in [0.2, 0.25) is 0 Å². The lowest BCUT2D eigenvalue weighted by Gasteiger charge is -1.99. The highest BCUT2D eigenvalue weighted by atomic mass is 32.1. The number of aromatic nitrogens is 2. The van der Waals surface area contributed by atoms with Crippen molar-refractivity contribution in [2.75, 3.05) is 5.73 Å². The van der Waals surface area contributed by atoms with Crippen LogP contribution in [0.4, 0.5) is 10.1 Å². The maximum atomic E-state index is 13.7. The van der Waals surface area contributed by atoms with E-state index in [2.05, 4.69) is 9.97 Å². The Hall–Kier alpha value is -2.01. The molecule has 84 valence electrons. The van der Waals surface area contributed by atoms with Crippen molar-refractivity contribution >= 4 is 27.4 Å². The Labute approximate surface area is 101 Å². The minimum absolute atomic E-state index is 0.357. The third-order valence-electron chi connectivity index (χ3n) is 2.39. The molecular weight excluding hydrogens is 237 g/mol. The Morgan fingerprint density at radius 1 is 1.24 bits per heavy atom. The molecule has 0 aliphatic rings. The molecule has 0 fully saturated rings. The van der Waals surface area contributed by atoms with E-state index in [4.69, 9.17) is 5.73 Å². The standard InChI is InChI=1S/C12H8FN3S/c13-9-6-7(14)3-4-8(9)11-16-10-2-1-5-15-12(10)17-11/h1-6H,14H2. The zero-order chi connectivity index (χ0) is 11.8. The number of hydrogen-bond acceptors (Lipinski definition) is 4. The number of thiazole rings is 1. The first-order valence-corrected chi connectivity index (χ1v) is 5.82. The summed E-state index contributed by atoms with van der Waals surface area (Å²) in [7, 11) is 0. The number of halogens is 1. The van der Waals surface area contributed by atoms with Crippen LogP contribution in [0.15, 0.2) is 36.5 Å². The van der Waals surface area contributed by atoms with E-state index in [1.807, 2.05) is 12.1 Å². The largest absolute Gasteiger partial charge is 0.399 e. The van der Waals surface area contributed by atoms with Gasteiger partial charge < -0.3 is 5.73 Å². The third kappa shape index (κ3) is 1.74. The smallest absolute Gasteiger partial charge is 0.143 e. The highest BCUT2D eigenvalue weighted by molar-refractivity contribution is 7.21. The van der Waals surface area contributed by atoms with Crippen molar-refractivity contribution in [3.63, 3.8) is 0 Å². The van der Waals surface area contributed by atoms with E-state index in [1.54, 1.807) is 18.3 Å². The molecule has 1 aromatic carbocycles. The molecule has 0 spiro atoms. The molecule has 2 N–H and O–H groups in total. The minimum atomic E-state index is -0.357. The maximum absolute atomic E-state index is 13.7. The molecule has 0 aliphatic carbocycles. The molecule has 0 amide bonds. The van der Waals surface area contributed by atoms with Gasteiger partial charge in [-0.15, -0.1) is 0 Å². The molecular formula is C12H8FN3S. The van der Waals surface area contributed by atoms with Crippen LogP contribution in [0, 0.1) is 5.82 Å². The normalized spacial score (nSPS) is 10.9. The SMILES string of the molecule is Nc1ccc(-c2nc3cccnc3s2)c(F)c1. The summed E-state index contributed by atoms with van der Waals surface area (Å²) in [5, 5.41) is 0.621. The molecule has 0 unspecified atom stereocenters. The van der Waals surface area contributed by atoms with E-state index in [-0.39, 0.29) is 5.82 Å². The predicted molar refractivity (Wildman–Crippen MR) is 67.2 cm³/mol. The molecule has 0 bridgehead atoms. The van der Waals surface area contributed by atoms with E-state index in [9.17, 15) is 4.39 Å². The second kappa shape index (κ2) is 3.78. The monoisotopic (exact) mass is 245 g/mol. The van der Waals surface area contributed by atoms with Crippen LogP contribution in [0.3, 0.4) is 0 Å². The lowest BCUT2D eigenvalue weighted by Crippen LogP contribution is -1.88. The van der Waals surface area contributed by atoms with Crippen molar-refractivity contribution in [1.82, 2.24) is 9.97 Å². The molecule has 0 aliphatic heterocycles. The fraction of sp³-hybridized carbons (Fsp3) is 0. The van der Waals surface area contributed by atoms with Crippen molar-refractivity contribution in [3.8, 4) is 10.6 Å². The lowest BCUT2D eigenvalue weighted by molar-refractivity contribution is 0.632. The van der Waals surface area contributed by atoms with Gasteiger partial charge >= 0.3 is 0 Å². The number of nitrogens with two attached hydrogens (primary N) is 1. The van der Waals surface area contributed by atoms with Crippen molar-refractivity contribution in [2.45, 2.75) is 0 Å². The second-order valence-electron chi connectivity index (χ2n) is 3.59. The number of pyridine rings is 1. The summed E-state index contributed by atoms with van der Waals surface area (Å²) in [4.78, 5) is 9.34. The van der Waals surface area contributed by atoms with Gasteiger partial charge in [0, 0.05) is 17.4 Å². The zero-order valence-corrected chi connectivity index (χ0v) is 9.54. The molecule has 3 rings (SSSR count). The number of anilines is 1. The van der Waals surface area contributed by atoms with Gasteiger partial charge in [-0.2, -0.15) is 0 Å². The van der Waals surface area contributed by atoms with Crippen LogP contribution in [0.1, 0.15) is 0 Å². The molecule has 0 atom stereocenters. The van der Waals surface area contributed by atoms with E-state index in [1.165, 1.54) is 17.4 Å². The first kappa shape index (κ1) is 10.2. The average molecular weight is 245 g/mol. The molecule has 2 aromatic heterocycles. The number of nitrogens with zero attached hydrogens (tertiary/aromatic N) is 2. The lowest BCUT2D eigenvalue weighted by atomic mass is 10.2. The molecule has 0 saturated carbocycles. The van der Waals surface area contributed by atoms with E-state index >= 15 is 0 Å². The van der Waals surface area contributed by atoms with Crippen LogP contribution in [0.25, 0.3) is 20.9 Å². The van der Waals surface area contributed by atoms with Crippen molar-refractivity contribution in [2.24, 2.45) is 0 Å². The summed E-state index contributed by atoms with van der Waals surface area (Å²) in [5.74, 6) is -0.357. The number of hydrogen-bond donors (Lipinski definition) is 1. The van der Waals surface area contributed by atoms with Gasteiger partial charge in [0.05, 0.1) is 0 Å². The fourth-order valence-corrected chi connectivity index (χ4v) is 2.52. The third-order valence-corrected chi connectivity index (χ3v) is 3.40. The first-order valence-electron chi connectivity index (χ1n) is 5.01. The second-order valence-corrected chi connectivity index (χ2v) is 4.56. The van der Waals surface area contributed by atoms with Crippen molar-refractivity contribution < 1.29 is 4.39 Å². The summed E-state index contributed by atoms with van der Waals surface area (Å²) in [5.41, 5.74) is 7.16. The Morgan fingerprint density at radius 3 is 2.88 bits per heavy atom. The number of fused-ring (bicyclic) bond motifs is 1. The van der Waals surface area contributed by atoms with Crippen molar-refractivity contribution in [1.29, 1.82) is 0 Å². The topological polar surface area (TPSA) is 51.8 Å². The molecule has 0 saturated heterocycles. The quantitative estimate of drug-likeness (QED) is 0.670. The van der Waals surface area contributed by atoms with Crippen LogP contribution in [-0.4, -0.2) is 9.97 Å². The van der Waals surface area contributed by atoms with E-state index in [0.29, 0.717) is 16.3 Å². The Morgan fingerprint density at radius 2 is 2.12 bits per heavy atom. The zero-order valence-electron chi connectivity index (χ0n) is 8.72. The van der Waals surface area contributed by atoms with Crippen LogP contribution in [0.2, 0.25) is 0 Å². The summed E-state index contributed by atoms with van der Waals surface area (Å²) < 4.78 is 13.7. The predicted octanol–water partition coefficient (Wildman–Crippen LogP) is 3.08. The molecule has 5 heteroatoms. The average Bonchev–Trinajstić information content (AvgIpc) is 2.72. The number of nitrogen functional groups attached to an aromatic ring is 1. The van der Waals surface area contributed by atoms with Gasteiger partial charge in [0.1, 0.15) is 21.2 Å². The number of benzene rings is 1. The minimum Gasteiger partial charge on any atom is -0.399 e. The van der Waals surface area contributed by atoms with Gasteiger partial charge in [-0.05, 0) is 30.3 Å². The Bertz CT molecular complexity index is 660. The highest BCUT2D eigenvalue weighted by Gasteiger charge is 2.11. The van der Waals surface area contributed by atoms with Gasteiger partial charge in [0.15, 0.2) is 0 Å². The van der Waals surface area contributed by atoms with Gasteiger partial charge in [0.25, 0.3) is 0 Å². The first-order chi connectivity index (χ1) is 8.24. The van der Waals surface area contributed by atoms with E-state index < -0.39 is 0 Å². The summed E-state index contributed by atoms with van der Waals surface area (Å²) in [6, 6.07) is 8.28. The van der Waals surface area contributed by atoms with Gasteiger partial charge in [-0.1, -0.05) is 11.3 Å². The van der Waals surface area contributed by atoms with E-state index in [0.717, 1.165) is 10.3 Å². The molecule has 2 heterocycles. The fourth-order valence-electron chi connectivity index (χ4n) is 1.59. The maximum Gasteiger partial charge on any atom is 0.143 e. The summed E-state index contributed by atoms with van der Waals surface area (Å²) in [6.45, 7) is 0. The summed E-state index contributed by atoms with van der Waals surface area (Å²) >= 11 is 1.37. The van der Waals surface area contributed by atoms with Crippen LogP contribution in [-0.2, 0) is 0 Å². The van der Waals surface area contributed by atoms with Crippen molar-refractivity contribution in [3.05, 3.63) is 42.3 Å². The van der Waals surface area contributed by atoms with Crippen LogP contribution < -0.4 is 5.73 Å². The molecule has 0 radical (unpaired) electrons. The van der Waals surface area contributed by atoms with Gasteiger partial charge in [-0.25, -0.2) is 14.4 Å². The summed E-state index contributed by atoms with van der Waals surface area (Å²) in [6.07, 6.45) is 1.70. The molecule has 3 nitrogen and oxygen atoms in total.